The van der Waals surface area contributed by atoms with Gasteiger partial charge in [0.25, 0.3) is 0 Å². The lowest BCUT2D eigenvalue weighted by Crippen LogP contribution is -2.34. The Hall–Kier alpha value is -0.450. The van der Waals surface area contributed by atoms with E-state index in [2.05, 4.69) is 25.7 Å². The fourth-order valence-electron chi connectivity index (χ4n) is 2.67. The molecule has 0 aromatic carbocycles. The van der Waals surface area contributed by atoms with Gasteiger partial charge in [-0.05, 0) is 45.2 Å². The second-order valence-corrected chi connectivity index (χ2v) is 6.95. The van der Waals surface area contributed by atoms with Crippen LogP contribution in [0.5, 0.6) is 0 Å². The molecule has 3 nitrogen and oxygen atoms in total. The van der Waals surface area contributed by atoms with Crippen LogP contribution in [-0.4, -0.2) is 29.5 Å². The fraction of sp³-hybridized carbons (Fsp3) is 0.800. The largest absolute Gasteiger partial charge is 0.323 e. The van der Waals surface area contributed by atoms with Crippen LogP contribution in [-0.2, 0) is 12.8 Å². The van der Waals surface area contributed by atoms with Crippen molar-refractivity contribution in [3.05, 3.63) is 15.6 Å². The highest BCUT2D eigenvalue weighted by Gasteiger charge is 2.17. The van der Waals surface area contributed by atoms with Crippen molar-refractivity contribution in [3.63, 3.8) is 0 Å². The monoisotopic (exact) mass is 281 g/mol. The average molecular weight is 281 g/mol. The molecule has 1 saturated heterocycles. The first-order valence-corrected chi connectivity index (χ1v) is 8.38. The highest BCUT2D eigenvalue weighted by molar-refractivity contribution is 7.11. The number of likely N-dealkylation sites (tertiary alicyclic amines) is 1. The smallest absolute Gasteiger partial charge is 0.0944 e. The van der Waals surface area contributed by atoms with E-state index in [9.17, 15) is 0 Å². The predicted octanol–water partition coefficient (Wildman–Crippen LogP) is 3.00. The van der Waals surface area contributed by atoms with Gasteiger partial charge >= 0.3 is 0 Å². The number of nitrogens with zero attached hydrogens (tertiary/aromatic N) is 2. The van der Waals surface area contributed by atoms with Crippen LogP contribution in [0.1, 0.15) is 55.2 Å². The second-order valence-electron chi connectivity index (χ2n) is 5.83. The zero-order chi connectivity index (χ0) is 13.8. The Kier molecular flexibility index (Phi) is 5.37. The number of hydrogen-bond donors (Lipinski definition) is 1. The molecule has 19 heavy (non-hydrogen) atoms. The Balaban J connectivity index is 1.89. The summed E-state index contributed by atoms with van der Waals surface area (Å²) >= 11 is 1.82. The van der Waals surface area contributed by atoms with Crippen molar-refractivity contribution in [3.8, 4) is 0 Å². The highest BCUT2D eigenvalue weighted by Crippen LogP contribution is 2.25. The van der Waals surface area contributed by atoms with E-state index in [-0.39, 0.29) is 6.04 Å². The molecule has 108 valence electrons. The number of piperidine rings is 1. The molecule has 1 aliphatic rings. The van der Waals surface area contributed by atoms with Gasteiger partial charge in [0.05, 0.1) is 10.7 Å². The lowest BCUT2D eigenvalue weighted by molar-refractivity contribution is 0.194. The third kappa shape index (κ3) is 4.01. The molecule has 0 saturated carbocycles. The van der Waals surface area contributed by atoms with Gasteiger partial charge in [0, 0.05) is 23.9 Å². The minimum atomic E-state index is 0.122. The maximum atomic E-state index is 6.02. The summed E-state index contributed by atoms with van der Waals surface area (Å²) in [6.07, 6.45) is 4.78. The van der Waals surface area contributed by atoms with Crippen molar-refractivity contribution in [2.75, 3.05) is 19.6 Å². The summed E-state index contributed by atoms with van der Waals surface area (Å²) in [7, 11) is 0. The Morgan fingerprint density at radius 2 is 2.11 bits per heavy atom. The molecule has 2 rings (SSSR count). The number of hydrogen-bond acceptors (Lipinski definition) is 4. The van der Waals surface area contributed by atoms with Crippen LogP contribution < -0.4 is 5.73 Å². The van der Waals surface area contributed by atoms with Crippen LogP contribution >= 0.6 is 11.3 Å². The molecular formula is C15H27N3S. The number of aryl methyl sites for hydroxylation is 1. The molecule has 1 aliphatic heterocycles. The molecule has 2 heterocycles. The highest BCUT2D eigenvalue weighted by atomic mass is 32.1. The molecule has 0 bridgehead atoms. The SMILES string of the molecule is CCc1nc(CCN2CCC(C)CC2)sc1C(C)N. The van der Waals surface area contributed by atoms with Gasteiger partial charge in [-0.15, -0.1) is 11.3 Å². The number of aromatic nitrogens is 1. The topological polar surface area (TPSA) is 42.2 Å². The Labute approximate surface area is 121 Å². The number of thiazole rings is 1. The van der Waals surface area contributed by atoms with Crippen molar-refractivity contribution in [2.45, 2.75) is 52.5 Å². The molecule has 1 aromatic rings. The first kappa shape index (κ1) is 14.9. The van der Waals surface area contributed by atoms with Crippen molar-refractivity contribution >= 4 is 11.3 Å². The molecule has 0 amide bonds. The molecule has 0 radical (unpaired) electrons. The van der Waals surface area contributed by atoms with Gasteiger partial charge in [-0.1, -0.05) is 13.8 Å². The number of nitrogens with two attached hydrogens (primary N) is 1. The molecule has 0 spiro atoms. The maximum Gasteiger partial charge on any atom is 0.0944 e. The fourth-order valence-corrected chi connectivity index (χ4v) is 3.77. The lowest BCUT2D eigenvalue weighted by Gasteiger charge is -2.29. The van der Waals surface area contributed by atoms with Crippen molar-refractivity contribution < 1.29 is 0 Å². The van der Waals surface area contributed by atoms with E-state index >= 15 is 0 Å². The molecular weight excluding hydrogens is 254 g/mol. The van der Waals surface area contributed by atoms with Crippen LogP contribution in [0.4, 0.5) is 0 Å². The molecule has 1 fully saturated rings. The number of rotatable bonds is 5. The summed E-state index contributed by atoms with van der Waals surface area (Å²) in [6.45, 7) is 10.3. The van der Waals surface area contributed by atoms with Gasteiger partial charge in [0.1, 0.15) is 0 Å². The van der Waals surface area contributed by atoms with Gasteiger partial charge in [-0.25, -0.2) is 4.98 Å². The van der Waals surface area contributed by atoms with Crippen LogP contribution in [0.25, 0.3) is 0 Å². The van der Waals surface area contributed by atoms with Crippen molar-refractivity contribution in [1.82, 2.24) is 9.88 Å². The molecule has 0 aliphatic carbocycles. The molecule has 1 aromatic heterocycles. The quantitative estimate of drug-likeness (QED) is 0.902. The average Bonchev–Trinajstić information content (AvgIpc) is 2.81. The third-order valence-electron chi connectivity index (χ3n) is 4.04. The van der Waals surface area contributed by atoms with Crippen LogP contribution in [0.3, 0.4) is 0 Å². The normalized spacial score (nSPS) is 19.8. The Bertz CT molecular complexity index is 392. The van der Waals surface area contributed by atoms with Crippen LogP contribution in [0.15, 0.2) is 0 Å². The van der Waals surface area contributed by atoms with Gasteiger partial charge < -0.3 is 10.6 Å². The Morgan fingerprint density at radius 3 is 2.63 bits per heavy atom. The van der Waals surface area contributed by atoms with Gasteiger partial charge in [0.15, 0.2) is 0 Å². The first-order valence-electron chi connectivity index (χ1n) is 7.56. The van der Waals surface area contributed by atoms with Crippen molar-refractivity contribution in [1.29, 1.82) is 0 Å². The van der Waals surface area contributed by atoms with E-state index in [1.807, 2.05) is 11.3 Å². The van der Waals surface area contributed by atoms with Gasteiger partial charge in [-0.2, -0.15) is 0 Å². The van der Waals surface area contributed by atoms with Crippen molar-refractivity contribution in [2.24, 2.45) is 11.7 Å². The first-order chi connectivity index (χ1) is 9.10. The summed E-state index contributed by atoms with van der Waals surface area (Å²) in [5.74, 6) is 0.910. The van der Waals surface area contributed by atoms with E-state index in [1.165, 1.54) is 41.5 Å². The summed E-state index contributed by atoms with van der Waals surface area (Å²) in [4.78, 5) is 8.63. The zero-order valence-corrected chi connectivity index (χ0v) is 13.3. The van der Waals surface area contributed by atoms with Crippen LogP contribution in [0, 0.1) is 5.92 Å². The molecule has 4 heteroatoms. The zero-order valence-electron chi connectivity index (χ0n) is 12.5. The maximum absolute atomic E-state index is 6.02. The van der Waals surface area contributed by atoms with Gasteiger partial charge in [-0.3, -0.25) is 0 Å². The van der Waals surface area contributed by atoms with Crippen LogP contribution in [0.2, 0.25) is 0 Å². The van der Waals surface area contributed by atoms with E-state index in [0.717, 1.165) is 25.3 Å². The minimum absolute atomic E-state index is 0.122. The second kappa shape index (κ2) is 6.82. The van der Waals surface area contributed by atoms with E-state index in [4.69, 9.17) is 10.7 Å². The summed E-state index contributed by atoms with van der Waals surface area (Å²) in [6, 6.07) is 0.122. The van der Waals surface area contributed by atoms with E-state index in [1.54, 1.807) is 0 Å². The molecule has 1 atom stereocenters. The third-order valence-corrected chi connectivity index (χ3v) is 5.40. The Morgan fingerprint density at radius 1 is 1.42 bits per heavy atom. The molecule has 2 N–H and O–H groups in total. The minimum Gasteiger partial charge on any atom is -0.323 e. The summed E-state index contributed by atoms with van der Waals surface area (Å²) in [5, 5.41) is 1.27. The predicted molar refractivity (Wildman–Crippen MR) is 82.6 cm³/mol. The summed E-state index contributed by atoms with van der Waals surface area (Å²) < 4.78 is 0. The molecule has 1 unspecified atom stereocenters. The van der Waals surface area contributed by atoms with E-state index < -0.39 is 0 Å². The van der Waals surface area contributed by atoms with E-state index in [0.29, 0.717) is 0 Å². The summed E-state index contributed by atoms with van der Waals surface area (Å²) in [5.41, 5.74) is 7.23. The standard InChI is InChI=1S/C15H27N3S/c1-4-13-15(12(3)16)19-14(17-13)7-10-18-8-5-11(2)6-9-18/h11-12H,4-10,16H2,1-3H3. The lowest BCUT2D eigenvalue weighted by atomic mass is 9.99. The van der Waals surface area contributed by atoms with Gasteiger partial charge in [0.2, 0.25) is 0 Å².